The number of nitrogens with one attached hydrogen (secondary N) is 1. The largest absolute Gasteiger partial charge is 0.504 e. The fourth-order valence-electron chi connectivity index (χ4n) is 3.68. The number of para-hydroxylation sites is 1. The van der Waals surface area contributed by atoms with Gasteiger partial charge in [-0.05, 0) is 55.4 Å². The van der Waals surface area contributed by atoms with Crippen LogP contribution < -0.4 is 10.1 Å². The number of amides is 1. The van der Waals surface area contributed by atoms with Gasteiger partial charge >= 0.3 is 0 Å². The van der Waals surface area contributed by atoms with Crippen molar-refractivity contribution in [2.24, 2.45) is 10.8 Å². The van der Waals surface area contributed by atoms with E-state index in [9.17, 15) is 9.90 Å². The molecule has 0 radical (unpaired) electrons. The van der Waals surface area contributed by atoms with Crippen molar-refractivity contribution in [3.05, 3.63) is 52.0 Å². The highest BCUT2D eigenvalue weighted by atomic mass is 35.5. The van der Waals surface area contributed by atoms with Gasteiger partial charge in [0, 0.05) is 10.4 Å². The number of aromatic hydroxyl groups is 1. The Morgan fingerprint density at radius 2 is 1.64 bits per heavy atom. The summed E-state index contributed by atoms with van der Waals surface area (Å²) in [6.07, 6.45) is 2.98. The molecule has 4 nitrogen and oxygen atoms in total. The summed E-state index contributed by atoms with van der Waals surface area (Å²) in [4.78, 5) is 14.1. The van der Waals surface area contributed by atoms with E-state index < -0.39 is 11.0 Å². The Balaban J connectivity index is 2.61. The Labute approximate surface area is 208 Å². The first-order valence-electron chi connectivity index (χ1n) is 11.5. The van der Waals surface area contributed by atoms with Crippen molar-refractivity contribution in [3.8, 4) is 11.5 Å². The van der Waals surface area contributed by atoms with Crippen LogP contribution in [0.5, 0.6) is 11.5 Å². The van der Waals surface area contributed by atoms with E-state index in [1.165, 1.54) is 6.07 Å². The normalized spacial score (nSPS) is 14.0. The summed E-state index contributed by atoms with van der Waals surface area (Å²) in [5.41, 5.74) is -0.965. The van der Waals surface area contributed by atoms with E-state index >= 15 is 0 Å². The Bertz CT molecular complexity index is 973. The number of halogens is 2. The minimum Gasteiger partial charge on any atom is -0.504 e. The molecule has 1 atom stereocenters. The van der Waals surface area contributed by atoms with Gasteiger partial charge in [-0.25, -0.2) is 0 Å². The molecule has 6 heteroatoms. The number of carbonyl (C=O) groups is 1. The third-order valence-corrected chi connectivity index (χ3v) is 8.01. The highest BCUT2D eigenvalue weighted by molar-refractivity contribution is 6.37. The molecule has 0 aliphatic carbocycles. The molecule has 0 aliphatic heterocycles. The Hall–Kier alpha value is -1.91. The number of anilines is 1. The molecule has 2 aromatic carbocycles. The number of ether oxygens (including phenoxy) is 1. The number of hydrogen-bond donors (Lipinski definition) is 2. The van der Waals surface area contributed by atoms with Gasteiger partial charge in [0.2, 0.25) is 0 Å². The van der Waals surface area contributed by atoms with Gasteiger partial charge in [-0.3, -0.25) is 4.79 Å². The molecule has 0 spiro atoms. The molecule has 0 saturated carbocycles. The van der Waals surface area contributed by atoms with Gasteiger partial charge in [0.15, 0.2) is 11.4 Å². The van der Waals surface area contributed by atoms with Crippen molar-refractivity contribution in [3.63, 3.8) is 0 Å². The third kappa shape index (κ3) is 5.96. The first-order valence-corrected chi connectivity index (χ1v) is 12.3. The monoisotopic (exact) mass is 493 g/mol. The molecule has 0 heterocycles. The quantitative estimate of drug-likeness (QED) is 0.326. The number of phenols is 1. The van der Waals surface area contributed by atoms with Gasteiger partial charge in [-0.1, -0.05) is 89.4 Å². The average molecular weight is 495 g/mol. The Morgan fingerprint density at radius 3 is 2.18 bits per heavy atom. The van der Waals surface area contributed by atoms with E-state index in [0.29, 0.717) is 29.2 Å². The number of hydrogen-bond acceptors (Lipinski definition) is 3. The second kappa shape index (κ2) is 10.6. The zero-order valence-electron chi connectivity index (χ0n) is 20.8. The van der Waals surface area contributed by atoms with Crippen molar-refractivity contribution in [1.29, 1.82) is 0 Å². The van der Waals surface area contributed by atoms with E-state index in [1.54, 1.807) is 6.92 Å². The fraction of sp³-hybridized carbons (Fsp3) is 0.519. The van der Waals surface area contributed by atoms with E-state index in [2.05, 4.69) is 33.0 Å². The third-order valence-electron chi connectivity index (χ3n) is 7.16. The Morgan fingerprint density at radius 1 is 1.03 bits per heavy atom. The van der Waals surface area contributed by atoms with Crippen LogP contribution >= 0.6 is 23.2 Å². The van der Waals surface area contributed by atoms with E-state index in [-0.39, 0.29) is 27.8 Å². The van der Waals surface area contributed by atoms with Crippen LogP contribution in [-0.2, 0) is 4.79 Å². The molecule has 0 fully saturated rings. The van der Waals surface area contributed by atoms with E-state index in [4.69, 9.17) is 27.9 Å². The minimum atomic E-state index is -1.20. The highest BCUT2D eigenvalue weighted by Crippen LogP contribution is 2.46. The molecule has 0 bridgehead atoms. The molecule has 2 N–H and O–H groups in total. The van der Waals surface area contributed by atoms with Crippen LogP contribution in [0.15, 0.2) is 36.4 Å². The van der Waals surface area contributed by atoms with Gasteiger partial charge in [0.05, 0.1) is 10.7 Å². The summed E-state index contributed by atoms with van der Waals surface area (Å²) in [6, 6.07) is 10.9. The molecule has 182 valence electrons. The standard InChI is InChI=1S/C27H37Cl2NO3/c1-8-25(4,5)15-16-27(26(6,7)9-2,33-19-13-11-10-12-14-19)24(32)30-21-17-20(28)18(3)22(29)23(21)31/h10-14,17,31H,8-9,15-16H2,1-7H3,(H,30,32). The lowest BCUT2D eigenvalue weighted by Crippen LogP contribution is -2.58. The summed E-state index contributed by atoms with van der Waals surface area (Å²) in [5.74, 6) is 0.0767. The van der Waals surface area contributed by atoms with Gasteiger partial charge in [-0.15, -0.1) is 0 Å². The molecular formula is C27H37Cl2NO3. The lowest BCUT2D eigenvalue weighted by molar-refractivity contribution is -0.145. The summed E-state index contributed by atoms with van der Waals surface area (Å²) in [5, 5.41) is 14.0. The van der Waals surface area contributed by atoms with E-state index in [0.717, 1.165) is 12.8 Å². The molecule has 0 aromatic heterocycles. The van der Waals surface area contributed by atoms with Crippen molar-refractivity contribution >= 4 is 34.8 Å². The predicted octanol–water partition coefficient (Wildman–Crippen LogP) is 8.42. The summed E-state index contributed by atoms with van der Waals surface area (Å²) >= 11 is 12.6. The Kier molecular flexibility index (Phi) is 8.75. The maximum Gasteiger partial charge on any atom is 0.269 e. The van der Waals surface area contributed by atoms with Crippen LogP contribution in [0.3, 0.4) is 0 Å². The van der Waals surface area contributed by atoms with Gasteiger partial charge in [0.1, 0.15) is 5.75 Å². The van der Waals surface area contributed by atoms with E-state index in [1.807, 2.05) is 44.2 Å². The molecule has 2 rings (SSSR count). The van der Waals surface area contributed by atoms with Crippen LogP contribution in [0.4, 0.5) is 5.69 Å². The van der Waals surface area contributed by atoms with Crippen molar-refractivity contribution in [2.75, 3.05) is 5.32 Å². The number of carbonyl (C=O) groups excluding carboxylic acids is 1. The van der Waals surface area contributed by atoms with Gasteiger partial charge in [-0.2, -0.15) is 0 Å². The molecule has 33 heavy (non-hydrogen) atoms. The van der Waals surface area contributed by atoms with Crippen LogP contribution in [0.2, 0.25) is 10.0 Å². The molecular weight excluding hydrogens is 457 g/mol. The highest BCUT2D eigenvalue weighted by Gasteiger charge is 2.53. The lowest BCUT2D eigenvalue weighted by Gasteiger charge is -2.46. The minimum absolute atomic E-state index is 0.0357. The maximum atomic E-state index is 14.1. The second-order valence-corrected chi connectivity index (χ2v) is 10.9. The smallest absolute Gasteiger partial charge is 0.269 e. The number of rotatable bonds is 10. The van der Waals surface area contributed by atoms with Crippen molar-refractivity contribution in [2.45, 2.75) is 79.8 Å². The van der Waals surface area contributed by atoms with Crippen molar-refractivity contribution < 1.29 is 14.6 Å². The molecule has 1 amide bonds. The summed E-state index contributed by atoms with van der Waals surface area (Å²) in [7, 11) is 0. The number of benzene rings is 2. The topological polar surface area (TPSA) is 58.6 Å². The fourth-order valence-corrected chi connectivity index (χ4v) is 4.14. The molecule has 2 aromatic rings. The first kappa shape index (κ1) is 27.3. The maximum absolute atomic E-state index is 14.1. The van der Waals surface area contributed by atoms with Gasteiger partial charge in [0.25, 0.3) is 5.91 Å². The van der Waals surface area contributed by atoms with Crippen LogP contribution in [0.25, 0.3) is 0 Å². The molecule has 0 aliphatic rings. The van der Waals surface area contributed by atoms with Gasteiger partial charge < -0.3 is 15.2 Å². The second-order valence-electron chi connectivity index (χ2n) is 10.1. The zero-order valence-corrected chi connectivity index (χ0v) is 22.3. The van der Waals surface area contributed by atoms with Crippen LogP contribution in [0.1, 0.15) is 72.8 Å². The van der Waals surface area contributed by atoms with Crippen molar-refractivity contribution in [1.82, 2.24) is 0 Å². The van der Waals surface area contributed by atoms with Crippen LogP contribution in [0, 0.1) is 17.8 Å². The predicted molar refractivity (Wildman–Crippen MR) is 139 cm³/mol. The summed E-state index contributed by atoms with van der Waals surface area (Å²) < 4.78 is 6.60. The molecule has 0 saturated heterocycles. The summed E-state index contributed by atoms with van der Waals surface area (Å²) in [6.45, 7) is 14.4. The zero-order chi connectivity index (χ0) is 25.0. The average Bonchev–Trinajstić information content (AvgIpc) is 2.79. The number of phenolic OH excluding ortho intramolecular Hbond substituents is 1. The lowest BCUT2D eigenvalue weighted by atomic mass is 9.67. The van der Waals surface area contributed by atoms with Crippen LogP contribution in [-0.4, -0.2) is 16.6 Å². The first-order chi connectivity index (χ1) is 15.3. The molecule has 1 unspecified atom stereocenters. The SMILES string of the molecule is CCC(C)(C)CCC(Oc1ccccc1)(C(=O)Nc1cc(Cl)c(C)c(Cl)c1O)C(C)(C)CC.